The number of hydrogen-bond acceptors (Lipinski definition) is 3. The summed E-state index contributed by atoms with van der Waals surface area (Å²) in [5, 5.41) is 0. The van der Waals surface area contributed by atoms with Crippen LogP contribution >= 0.6 is 0 Å². The van der Waals surface area contributed by atoms with Crippen molar-refractivity contribution in [3.63, 3.8) is 0 Å². The van der Waals surface area contributed by atoms with Crippen LogP contribution in [0.15, 0.2) is 84.9 Å². The summed E-state index contributed by atoms with van der Waals surface area (Å²) in [4.78, 5) is 0. The zero-order valence-electron chi connectivity index (χ0n) is 22.3. The van der Waals surface area contributed by atoms with Crippen molar-refractivity contribution >= 4 is 0 Å². The first-order valence-electron chi connectivity index (χ1n) is 12.5. The Hall–Kier alpha value is -4.93. The fourth-order valence-corrected chi connectivity index (χ4v) is 3.99. The van der Waals surface area contributed by atoms with Gasteiger partial charge in [0.2, 0.25) is 5.75 Å². The summed E-state index contributed by atoms with van der Waals surface area (Å²) in [7, 11) is 0. The van der Waals surface area contributed by atoms with Gasteiger partial charge in [0.15, 0.2) is 11.6 Å². The summed E-state index contributed by atoms with van der Waals surface area (Å²) < 4.78 is 166. The molecule has 3 aromatic rings. The van der Waals surface area contributed by atoms with Crippen molar-refractivity contribution in [2.24, 2.45) is 5.92 Å². The lowest BCUT2D eigenvalue weighted by Crippen LogP contribution is -2.23. The van der Waals surface area contributed by atoms with Crippen molar-refractivity contribution in [2.75, 3.05) is 6.61 Å². The minimum absolute atomic E-state index is 0.0912. The zero-order chi connectivity index (χ0) is 33.1. The second-order valence-electron chi connectivity index (χ2n) is 9.16. The lowest BCUT2D eigenvalue weighted by Gasteiger charge is -2.23. The first kappa shape index (κ1) is 33.0. The Labute approximate surface area is 247 Å². The third-order valence-corrected chi connectivity index (χ3v) is 5.96. The highest BCUT2D eigenvalue weighted by Crippen LogP contribution is 2.39. The van der Waals surface area contributed by atoms with Crippen LogP contribution in [0.25, 0.3) is 11.1 Å². The molecule has 0 bridgehead atoms. The standard InChI is InChI=1S/C31H17F11O3/c1-2-9-43-18-5-7-20(23(32)13-18)17-4-8-22(26(35)12-17)30(38,39)44-19-14-24(33)21(25(34)15-19)6-3-16-10-27(36)29(28(37)11-16)45-31(40,41)42/h2,4-5,7-8,10-15,21,24H,1,9H2. The van der Waals surface area contributed by atoms with E-state index in [-0.39, 0.29) is 23.5 Å². The van der Waals surface area contributed by atoms with Gasteiger partial charge in [0.25, 0.3) is 0 Å². The van der Waals surface area contributed by atoms with E-state index in [0.29, 0.717) is 36.4 Å². The molecule has 0 aliphatic heterocycles. The smallest absolute Gasteiger partial charge is 0.489 e. The van der Waals surface area contributed by atoms with Crippen LogP contribution in [0.5, 0.6) is 11.5 Å². The van der Waals surface area contributed by atoms with Gasteiger partial charge in [-0.1, -0.05) is 30.6 Å². The summed E-state index contributed by atoms with van der Waals surface area (Å²) in [6.45, 7) is 3.54. The second kappa shape index (κ2) is 13.0. The molecule has 2 unspecified atom stereocenters. The summed E-state index contributed by atoms with van der Waals surface area (Å²) in [5.41, 5.74) is -2.21. The van der Waals surface area contributed by atoms with Gasteiger partial charge in [-0.3, -0.25) is 0 Å². The average molecular weight is 646 g/mol. The molecule has 0 saturated heterocycles. The van der Waals surface area contributed by atoms with Crippen molar-refractivity contribution in [3.05, 3.63) is 119 Å². The number of benzene rings is 3. The highest BCUT2D eigenvalue weighted by Gasteiger charge is 2.40. The largest absolute Gasteiger partial charge is 0.573 e. The van der Waals surface area contributed by atoms with E-state index in [9.17, 15) is 48.3 Å². The van der Waals surface area contributed by atoms with Crippen LogP contribution in [-0.2, 0) is 10.8 Å². The Morgan fingerprint density at radius 1 is 0.822 bits per heavy atom. The van der Waals surface area contributed by atoms with Crippen molar-refractivity contribution in [1.82, 2.24) is 0 Å². The summed E-state index contributed by atoms with van der Waals surface area (Å²) in [6, 6.07) is 6.43. The molecule has 4 rings (SSSR count). The summed E-state index contributed by atoms with van der Waals surface area (Å²) in [6.07, 6.45) is -10.2. The van der Waals surface area contributed by atoms with Crippen molar-refractivity contribution in [3.8, 4) is 34.5 Å². The topological polar surface area (TPSA) is 27.7 Å². The van der Waals surface area contributed by atoms with Gasteiger partial charge in [0.05, 0.1) is 5.56 Å². The molecule has 0 saturated carbocycles. The monoisotopic (exact) mass is 646 g/mol. The third kappa shape index (κ3) is 7.97. The second-order valence-corrected chi connectivity index (χ2v) is 9.16. The molecule has 1 aliphatic rings. The van der Waals surface area contributed by atoms with Gasteiger partial charge in [-0.15, -0.1) is 13.2 Å². The maximum absolute atomic E-state index is 14.9. The van der Waals surface area contributed by atoms with E-state index < -0.39 is 76.3 Å². The molecule has 0 radical (unpaired) electrons. The van der Waals surface area contributed by atoms with Gasteiger partial charge >= 0.3 is 12.5 Å². The molecule has 0 aromatic heterocycles. The number of allylic oxidation sites excluding steroid dienone is 3. The van der Waals surface area contributed by atoms with Crippen LogP contribution in [0.4, 0.5) is 48.3 Å². The number of alkyl halides is 6. The average Bonchev–Trinajstić information content (AvgIpc) is 2.92. The van der Waals surface area contributed by atoms with Crippen LogP contribution in [0.3, 0.4) is 0 Å². The van der Waals surface area contributed by atoms with E-state index in [1.165, 1.54) is 18.2 Å². The fourth-order valence-electron chi connectivity index (χ4n) is 3.99. The van der Waals surface area contributed by atoms with Gasteiger partial charge < -0.3 is 14.2 Å². The molecule has 2 atom stereocenters. The lowest BCUT2D eigenvalue weighted by molar-refractivity contribution is -0.276. The van der Waals surface area contributed by atoms with Crippen molar-refractivity contribution in [2.45, 2.75) is 18.6 Å². The van der Waals surface area contributed by atoms with Gasteiger partial charge in [-0.2, -0.15) is 8.78 Å². The molecule has 0 amide bonds. The first-order valence-corrected chi connectivity index (χ1v) is 12.5. The predicted octanol–water partition coefficient (Wildman–Crippen LogP) is 9.20. The lowest BCUT2D eigenvalue weighted by atomic mass is 9.96. The Morgan fingerprint density at radius 3 is 2.09 bits per heavy atom. The Bertz CT molecular complexity index is 1710. The SMILES string of the molecule is C=CCOc1ccc(-c2ccc(C(F)(F)OC3=CC(F)C(C#Cc4cc(F)c(OC(F)(F)F)c(F)c4)C(F)=C3)c(F)c2)c(F)c1. The van der Waals surface area contributed by atoms with Gasteiger partial charge in [0, 0.05) is 23.3 Å². The molecule has 45 heavy (non-hydrogen) atoms. The zero-order valence-corrected chi connectivity index (χ0v) is 22.3. The van der Waals surface area contributed by atoms with Crippen LogP contribution in [-0.4, -0.2) is 19.1 Å². The molecular weight excluding hydrogens is 629 g/mol. The van der Waals surface area contributed by atoms with Crippen LogP contribution in [0.1, 0.15) is 11.1 Å². The van der Waals surface area contributed by atoms with Crippen molar-refractivity contribution < 1.29 is 62.5 Å². The summed E-state index contributed by atoms with van der Waals surface area (Å²) >= 11 is 0. The molecule has 236 valence electrons. The van der Waals surface area contributed by atoms with Crippen LogP contribution < -0.4 is 9.47 Å². The number of rotatable bonds is 8. The number of halogens is 11. The van der Waals surface area contributed by atoms with E-state index in [1.54, 1.807) is 0 Å². The molecule has 3 nitrogen and oxygen atoms in total. The Morgan fingerprint density at radius 2 is 1.51 bits per heavy atom. The minimum atomic E-state index is -5.40. The Kier molecular flexibility index (Phi) is 9.50. The van der Waals surface area contributed by atoms with E-state index in [2.05, 4.69) is 16.1 Å². The maximum Gasteiger partial charge on any atom is 0.573 e. The highest BCUT2D eigenvalue weighted by atomic mass is 19.4. The van der Waals surface area contributed by atoms with Crippen LogP contribution in [0.2, 0.25) is 0 Å². The van der Waals surface area contributed by atoms with E-state index in [4.69, 9.17) is 4.74 Å². The van der Waals surface area contributed by atoms with E-state index in [0.717, 1.165) is 12.1 Å². The molecule has 0 fully saturated rings. The van der Waals surface area contributed by atoms with Gasteiger partial charge in [0.1, 0.15) is 47.7 Å². The van der Waals surface area contributed by atoms with Crippen molar-refractivity contribution in [1.29, 1.82) is 0 Å². The molecule has 14 heteroatoms. The maximum atomic E-state index is 14.9. The highest BCUT2D eigenvalue weighted by molar-refractivity contribution is 5.65. The molecule has 3 aromatic carbocycles. The molecule has 1 aliphatic carbocycles. The number of ether oxygens (including phenoxy) is 3. The summed E-state index contributed by atoms with van der Waals surface area (Å²) in [5.74, 6) is -8.15. The molecule has 0 spiro atoms. The molecule has 0 heterocycles. The third-order valence-electron chi connectivity index (χ3n) is 5.96. The minimum Gasteiger partial charge on any atom is -0.489 e. The van der Waals surface area contributed by atoms with Crippen LogP contribution in [0, 0.1) is 41.0 Å². The van der Waals surface area contributed by atoms with E-state index >= 15 is 0 Å². The first-order chi connectivity index (χ1) is 21.1. The normalized spacial score (nSPS) is 16.6. The fraction of sp³-hybridized carbons (Fsp3) is 0.161. The molecular formula is C31H17F11O3. The number of hydrogen-bond donors (Lipinski definition) is 0. The van der Waals surface area contributed by atoms with Gasteiger partial charge in [-0.05, 0) is 48.0 Å². The quantitative estimate of drug-likeness (QED) is 0.139. The molecule has 0 N–H and O–H groups in total. The predicted molar refractivity (Wildman–Crippen MR) is 138 cm³/mol. The van der Waals surface area contributed by atoms with Gasteiger partial charge in [-0.25, -0.2) is 26.3 Å². The van der Waals surface area contributed by atoms with E-state index in [1.807, 2.05) is 11.8 Å². The Balaban J connectivity index is 1.49.